The van der Waals surface area contributed by atoms with Gasteiger partial charge in [-0.15, -0.1) is 0 Å². The Morgan fingerprint density at radius 3 is 2.67 bits per heavy atom. The minimum Gasteiger partial charge on any atom is -0.465 e. The van der Waals surface area contributed by atoms with Crippen LogP contribution < -0.4 is 11.1 Å². The molecule has 2 aromatic heterocycles. The Bertz CT molecular complexity index is 843. The molecule has 0 saturated carbocycles. The summed E-state index contributed by atoms with van der Waals surface area (Å²) in [7, 11) is 0. The first-order valence-corrected chi connectivity index (χ1v) is 7.34. The molecular formula is C17H16N4O3. The van der Waals surface area contributed by atoms with Crippen molar-refractivity contribution in [1.29, 1.82) is 0 Å². The molecule has 7 nitrogen and oxygen atoms in total. The second-order valence-electron chi connectivity index (χ2n) is 5.21. The summed E-state index contributed by atoms with van der Waals surface area (Å²) < 4.78 is 5.35. The molecule has 0 aliphatic rings. The van der Waals surface area contributed by atoms with E-state index in [9.17, 15) is 4.79 Å². The zero-order valence-corrected chi connectivity index (χ0v) is 12.8. The van der Waals surface area contributed by atoms with E-state index < -0.39 is 6.09 Å². The van der Waals surface area contributed by atoms with Crippen molar-refractivity contribution in [3.8, 4) is 11.3 Å². The lowest BCUT2D eigenvalue weighted by molar-refractivity contribution is 0.209. The normalized spacial score (nSPS) is 10.5. The van der Waals surface area contributed by atoms with E-state index in [2.05, 4.69) is 15.5 Å². The lowest BCUT2D eigenvalue weighted by Gasteiger charge is -2.03. The largest absolute Gasteiger partial charge is 0.465 e. The van der Waals surface area contributed by atoms with Gasteiger partial charge >= 0.3 is 6.09 Å². The maximum Gasteiger partial charge on any atom is 0.410 e. The molecule has 4 N–H and O–H groups in total. The molecule has 0 aliphatic heterocycles. The van der Waals surface area contributed by atoms with Gasteiger partial charge in [0.2, 0.25) is 0 Å². The Balaban J connectivity index is 1.81. The zero-order valence-electron chi connectivity index (χ0n) is 12.8. The summed E-state index contributed by atoms with van der Waals surface area (Å²) in [5.74, 6) is 0.667. The van der Waals surface area contributed by atoms with Crippen molar-refractivity contribution in [2.75, 3.05) is 5.32 Å². The fraction of sp³-hybridized carbons (Fsp3) is 0.118. The van der Waals surface area contributed by atoms with Crippen LogP contribution >= 0.6 is 0 Å². The Kier molecular flexibility index (Phi) is 4.53. The first-order chi connectivity index (χ1) is 11.7. The maximum absolute atomic E-state index is 10.8. The smallest absolute Gasteiger partial charge is 0.410 e. The summed E-state index contributed by atoms with van der Waals surface area (Å²) in [5.41, 5.74) is 9.03. The van der Waals surface area contributed by atoms with Crippen LogP contribution in [0.1, 0.15) is 16.8 Å². The molecule has 1 amide bonds. The molecule has 3 rings (SSSR count). The van der Waals surface area contributed by atoms with Crippen LogP contribution in [-0.2, 0) is 13.0 Å². The molecule has 0 spiro atoms. The molecule has 0 atom stereocenters. The molecule has 0 aliphatic carbocycles. The molecule has 1 aromatic carbocycles. The van der Waals surface area contributed by atoms with Crippen LogP contribution in [0.2, 0.25) is 0 Å². The number of hydrogen-bond donors (Lipinski definition) is 3. The summed E-state index contributed by atoms with van der Waals surface area (Å²) in [6, 6.07) is 13.2. The maximum atomic E-state index is 10.8. The number of amides is 1. The third-order valence-electron chi connectivity index (χ3n) is 3.50. The van der Waals surface area contributed by atoms with Gasteiger partial charge in [0.05, 0.1) is 11.3 Å². The number of aromatic nitrogens is 2. The highest BCUT2D eigenvalue weighted by molar-refractivity contribution is 5.87. The minimum absolute atomic E-state index is 0.208. The van der Waals surface area contributed by atoms with Crippen molar-refractivity contribution in [2.45, 2.75) is 13.0 Å². The predicted octanol–water partition coefficient (Wildman–Crippen LogP) is 2.88. The average Bonchev–Trinajstić information content (AvgIpc) is 3.04. The number of carbonyl (C=O) groups is 1. The number of rotatable bonds is 5. The minimum atomic E-state index is -1.19. The van der Waals surface area contributed by atoms with E-state index in [0.717, 1.165) is 16.8 Å². The van der Waals surface area contributed by atoms with E-state index in [1.54, 1.807) is 18.2 Å². The molecule has 0 unspecified atom stereocenters. The summed E-state index contributed by atoms with van der Waals surface area (Å²) >= 11 is 0. The Labute approximate surface area is 138 Å². The van der Waals surface area contributed by atoms with Crippen LogP contribution in [0.4, 0.5) is 10.6 Å². The first-order valence-electron chi connectivity index (χ1n) is 7.34. The molecule has 24 heavy (non-hydrogen) atoms. The van der Waals surface area contributed by atoms with E-state index in [1.165, 1.54) is 6.20 Å². The third kappa shape index (κ3) is 3.58. The Morgan fingerprint density at radius 2 is 1.96 bits per heavy atom. The van der Waals surface area contributed by atoms with Crippen LogP contribution in [0, 0.1) is 0 Å². The molecule has 7 heteroatoms. The van der Waals surface area contributed by atoms with Gasteiger partial charge in [-0.1, -0.05) is 29.4 Å². The second-order valence-corrected chi connectivity index (χ2v) is 5.21. The number of carboxylic acid groups (broad SMARTS) is 1. The van der Waals surface area contributed by atoms with Crippen molar-refractivity contribution in [3.05, 3.63) is 65.5 Å². The number of benzene rings is 1. The van der Waals surface area contributed by atoms with Crippen LogP contribution in [0.5, 0.6) is 0 Å². The second kappa shape index (κ2) is 6.93. The van der Waals surface area contributed by atoms with E-state index in [0.29, 0.717) is 24.3 Å². The molecule has 0 radical (unpaired) electrons. The average molecular weight is 324 g/mol. The van der Waals surface area contributed by atoms with Gasteiger partial charge in [0.15, 0.2) is 5.76 Å². The summed E-state index contributed by atoms with van der Waals surface area (Å²) in [6.45, 7) is 0.509. The van der Waals surface area contributed by atoms with Crippen molar-refractivity contribution in [3.63, 3.8) is 0 Å². The quantitative estimate of drug-likeness (QED) is 0.665. The Hall–Kier alpha value is -3.19. The van der Waals surface area contributed by atoms with E-state index in [-0.39, 0.29) is 5.82 Å². The molecule has 0 fully saturated rings. The summed E-state index contributed by atoms with van der Waals surface area (Å²) in [4.78, 5) is 14.9. The topological polar surface area (TPSA) is 114 Å². The fourth-order valence-electron chi connectivity index (χ4n) is 2.33. The molecule has 2 heterocycles. The van der Waals surface area contributed by atoms with Crippen LogP contribution in [0.3, 0.4) is 0 Å². The van der Waals surface area contributed by atoms with Gasteiger partial charge in [0.25, 0.3) is 0 Å². The van der Waals surface area contributed by atoms with Crippen LogP contribution in [0.25, 0.3) is 11.3 Å². The molecule has 0 saturated heterocycles. The van der Waals surface area contributed by atoms with E-state index >= 15 is 0 Å². The zero-order chi connectivity index (χ0) is 16.9. The standard InChI is InChI=1S/C17H16N4O3/c18-10-12-5-3-11(4-6-12)8-13-9-15(24-21-13)14-2-1-7-19-16(14)20-17(22)23/h1-7,9H,8,10,18H2,(H,19,20)(H,22,23). The number of nitrogens with zero attached hydrogens (tertiary/aromatic N) is 2. The monoisotopic (exact) mass is 324 g/mol. The van der Waals surface area contributed by atoms with Crippen molar-refractivity contribution in [2.24, 2.45) is 5.73 Å². The fourth-order valence-corrected chi connectivity index (χ4v) is 2.33. The molecular weight excluding hydrogens is 308 g/mol. The summed E-state index contributed by atoms with van der Waals surface area (Å²) in [6.07, 6.45) is 0.927. The first kappa shape index (κ1) is 15.7. The van der Waals surface area contributed by atoms with Gasteiger partial charge in [-0.3, -0.25) is 5.32 Å². The molecule has 3 aromatic rings. The van der Waals surface area contributed by atoms with Gasteiger partial charge in [-0.2, -0.15) is 0 Å². The Morgan fingerprint density at radius 1 is 1.21 bits per heavy atom. The number of anilines is 1. The lowest BCUT2D eigenvalue weighted by Crippen LogP contribution is -2.09. The molecule has 0 bridgehead atoms. The van der Waals surface area contributed by atoms with Crippen LogP contribution in [-0.4, -0.2) is 21.3 Å². The van der Waals surface area contributed by atoms with Gasteiger partial charge in [0.1, 0.15) is 5.82 Å². The van der Waals surface area contributed by atoms with Crippen molar-refractivity contribution >= 4 is 11.9 Å². The van der Waals surface area contributed by atoms with Gasteiger partial charge in [-0.05, 0) is 23.3 Å². The summed E-state index contributed by atoms with van der Waals surface area (Å²) in [5, 5.41) is 15.2. The van der Waals surface area contributed by atoms with Crippen molar-refractivity contribution in [1.82, 2.24) is 10.1 Å². The highest BCUT2D eigenvalue weighted by Crippen LogP contribution is 2.27. The van der Waals surface area contributed by atoms with Gasteiger partial charge < -0.3 is 15.4 Å². The molecule has 122 valence electrons. The lowest BCUT2D eigenvalue weighted by atomic mass is 10.1. The van der Waals surface area contributed by atoms with E-state index in [4.69, 9.17) is 15.4 Å². The van der Waals surface area contributed by atoms with E-state index in [1.807, 2.05) is 24.3 Å². The van der Waals surface area contributed by atoms with Crippen molar-refractivity contribution < 1.29 is 14.4 Å². The SMILES string of the molecule is NCc1ccc(Cc2cc(-c3cccnc3NC(=O)O)on2)cc1. The predicted molar refractivity (Wildman–Crippen MR) is 88.5 cm³/mol. The highest BCUT2D eigenvalue weighted by Gasteiger charge is 2.14. The highest BCUT2D eigenvalue weighted by atomic mass is 16.5. The number of hydrogen-bond acceptors (Lipinski definition) is 5. The number of nitrogens with two attached hydrogens (primary N) is 1. The third-order valence-corrected chi connectivity index (χ3v) is 3.50. The number of nitrogens with one attached hydrogen (secondary N) is 1. The van der Waals surface area contributed by atoms with Gasteiger partial charge in [0, 0.05) is 25.2 Å². The van der Waals surface area contributed by atoms with Gasteiger partial charge in [-0.25, -0.2) is 9.78 Å². The van der Waals surface area contributed by atoms with Crippen LogP contribution in [0.15, 0.2) is 53.2 Å². The number of pyridine rings is 1.